The summed E-state index contributed by atoms with van der Waals surface area (Å²) in [6.45, 7) is 0. The summed E-state index contributed by atoms with van der Waals surface area (Å²) in [7, 11) is -20.2. The van der Waals surface area contributed by atoms with Crippen LogP contribution in [0.25, 0.3) is 43.1 Å². The molecule has 0 radical (unpaired) electrons. The van der Waals surface area contributed by atoms with Crippen LogP contribution in [0.4, 0.5) is 80.7 Å². The van der Waals surface area contributed by atoms with Gasteiger partial charge in [0.2, 0.25) is 34.4 Å². The van der Waals surface area contributed by atoms with Crippen molar-refractivity contribution < 1.29 is 247 Å². The van der Waals surface area contributed by atoms with E-state index in [1.54, 1.807) is 48.5 Å². The van der Waals surface area contributed by atoms with Crippen molar-refractivity contribution in [2.75, 3.05) is 21.3 Å². The monoisotopic (exact) mass is 1640 g/mol. The van der Waals surface area contributed by atoms with E-state index in [0.717, 1.165) is 48.5 Å². The largest absolute Gasteiger partial charge is 1.00 e. The van der Waals surface area contributed by atoms with Crippen molar-refractivity contribution in [1.82, 2.24) is 29.9 Å². The molecule has 36 nitrogen and oxygen atoms in total. The molecule has 0 spiro atoms. The summed E-state index contributed by atoms with van der Waals surface area (Å²) < 4.78 is 137. The van der Waals surface area contributed by atoms with Crippen LogP contribution in [0, 0.1) is 20.2 Å². The fourth-order valence-electron chi connectivity index (χ4n) is 9.69. The first kappa shape index (κ1) is 90.0. The molecule has 2 heterocycles. The van der Waals surface area contributed by atoms with Crippen LogP contribution in [0.2, 0.25) is 10.6 Å². The molecule has 48 heteroatoms. The van der Waals surface area contributed by atoms with E-state index in [2.05, 4.69) is 71.6 Å². The molecular formula is C58H38Cl2CrN16Na5O20S4+5. The van der Waals surface area contributed by atoms with Gasteiger partial charge in [0.15, 0.2) is 11.5 Å². The minimum atomic E-state index is -5.10. The standard InChI is InChI=1S/2C29H19ClN8O10S2.Cr.5Na/c2*30-27-33-28(31-15-4-2-1-3-5-15)35-29(34-27)32-16-6-8-18-14(10-16)11-23(50(46,47)48)25(26(18)40)37-36-24-19-9-7-17(38(41)42)12-20(19)22(13-21(24)39)49(43,44)45;;;;;;/h2*1-13,39-40H,(H,43,44,45)(H,46,47,48)(H2,31,32,33,34,35);;;;;;/q;;;5*+1. The number of benzene rings is 10. The zero-order valence-corrected chi connectivity index (χ0v) is 70.7. The second-order valence-corrected chi connectivity index (χ2v) is 26.7. The van der Waals surface area contributed by atoms with Gasteiger partial charge in [-0.3, -0.25) is 38.4 Å². The average Bonchev–Trinajstić information content (AvgIpc) is 0.769. The number of nitro benzene ring substituents is 2. The second-order valence-electron chi connectivity index (χ2n) is 20.5. The van der Waals surface area contributed by atoms with E-state index in [1.165, 1.54) is 36.4 Å². The van der Waals surface area contributed by atoms with E-state index < -0.39 is 138 Å². The number of nitro groups is 2. The Balaban J connectivity index is 0.000000360. The number of nitrogens with zero attached hydrogens (tertiary/aromatic N) is 12. The summed E-state index contributed by atoms with van der Waals surface area (Å²) in [5.41, 5.74) is -1.74. The first-order valence-corrected chi connectivity index (χ1v) is 33.9. The van der Waals surface area contributed by atoms with Crippen molar-refractivity contribution in [3.8, 4) is 23.0 Å². The van der Waals surface area contributed by atoms with Gasteiger partial charge < -0.3 is 41.7 Å². The van der Waals surface area contributed by atoms with Gasteiger partial charge in [0.1, 0.15) is 53.8 Å². The summed E-state index contributed by atoms with van der Waals surface area (Å²) in [5.74, 6) is -3.06. The molecule has 0 aliphatic heterocycles. The van der Waals surface area contributed by atoms with E-state index >= 15 is 0 Å². The Hall–Kier alpha value is -6.59. The van der Waals surface area contributed by atoms with Crippen LogP contribution in [0.1, 0.15) is 0 Å². The van der Waals surface area contributed by atoms with E-state index in [0.29, 0.717) is 34.9 Å². The van der Waals surface area contributed by atoms with Gasteiger partial charge in [-0.15, -0.1) is 20.5 Å². The summed E-state index contributed by atoms with van der Waals surface area (Å²) >= 11 is 12.2. The smallest absolute Gasteiger partial charge is 0.506 e. The molecule has 0 bridgehead atoms. The number of azo groups is 2. The Morgan fingerprint density at radius 2 is 0.642 bits per heavy atom. The van der Waals surface area contributed by atoms with Crippen molar-refractivity contribution >= 4 is 187 Å². The SMILES string of the molecule is O=[N+]([O-])c1ccc2c(N=Nc3c(S(=O)(=O)O)cc4cc(Nc5nc(Cl)nc(Nc6ccccc6)n5)ccc4c3O)c(O)cc(S(=O)(=O)O)c2c1.O=[N+]([O-])c1ccc2c(N=Nc3c(S(=O)(=O)O)cc4cc(Nc5nc(Cl)nc(Nc6ccccc6)n5)ccc4c3O)c(O)cc(S(=O)(=O)O)c2c1.[Cr].[Na+].[Na+].[Na+].[Na+].[Na+]. The number of para-hydroxylation sites is 2. The van der Waals surface area contributed by atoms with Gasteiger partial charge in [0, 0.05) is 109 Å². The van der Waals surface area contributed by atoms with Crippen molar-refractivity contribution in [1.29, 1.82) is 0 Å². The molecule has 0 atom stereocenters. The third-order valence-corrected chi connectivity index (χ3v) is 17.9. The van der Waals surface area contributed by atoms with Crippen LogP contribution in [0.5, 0.6) is 23.0 Å². The van der Waals surface area contributed by atoms with Gasteiger partial charge in [-0.25, -0.2) is 0 Å². The molecule has 0 amide bonds. The van der Waals surface area contributed by atoms with Crippen LogP contribution in [-0.4, -0.2) is 112 Å². The van der Waals surface area contributed by atoms with Gasteiger partial charge in [0.05, 0.1) is 9.85 Å². The minimum Gasteiger partial charge on any atom is -0.506 e. The summed E-state index contributed by atoms with van der Waals surface area (Å²) in [6, 6.07) is 35.1. The Morgan fingerprint density at radius 1 is 0.349 bits per heavy atom. The van der Waals surface area contributed by atoms with Crippen LogP contribution < -0.4 is 169 Å². The Morgan fingerprint density at radius 3 is 0.943 bits per heavy atom. The normalized spacial score (nSPS) is 11.4. The van der Waals surface area contributed by atoms with Gasteiger partial charge in [-0.05, 0) is 119 Å². The second kappa shape index (κ2) is 36.7. The number of phenols is 4. The molecule has 12 aromatic rings. The first-order chi connectivity index (χ1) is 47.2. The van der Waals surface area contributed by atoms with E-state index in [9.17, 15) is 92.5 Å². The maximum atomic E-state index is 12.5. The Bertz CT molecular complexity index is 5660. The molecule has 10 aromatic carbocycles. The molecule has 0 fully saturated rings. The maximum Gasteiger partial charge on any atom is 1.00 e. The van der Waals surface area contributed by atoms with Crippen molar-refractivity contribution in [2.45, 2.75) is 19.6 Å². The molecule has 12 N–H and O–H groups in total. The molecule has 12 rings (SSSR count). The molecule has 106 heavy (non-hydrogen) atoms. The van der Waals surface area contributed by atoms with Crippen LogP contribution in [0.15, 0.2) is 198 Å². The molecule has 0 aliphatic carbocycles. The predicted molar refractivity (Wildman–Crippen MR) is 359 cm³/mol. The van der Waals surface area contributed by atoms with Crippen LogP contribution >= 0.6 is 23.2 Å². The fraction of sp³-hybridized carbons (Fsp3) is 0. The third kappa shape index (κ3) is 21.0. The number of hydrogen-bond acceptors (Lipinski definition) is 30. The molecule has 0 saturated heterocycles. The third-order valence-electron chi connectivity index (χ3n) is 14.0. The molecule has 0 aliphatic rings. The average molecular weight is 1650 g/mol. The van der Waals surface area contributed by atoms with Crippen molar-refractivity contribution in [2.24, 2.45) is 20.5 Å². The quantitative estimate of drug-likeness (QED) is 0.0147. The maximum absolute atomic E-state index is 12.5. The number of anilines is 8. The van der Waals surface area contributed by atoms with Crippen molar-refractivity contribution in [3.05, 3.63) is 189 Å². The molecule has 514 valence electrons. The summed E-state index contributed by atoms with van der Waals surface area (Å²) in [4.78, 5) is 42.1. The topological polar surface area (TPSA) is 560 Å². The van der Waals surface area contributed by atoms with Crippen LogP contribution in [0.3, 0.4) is 0 Å². The molecule has 0 saturated carbocycles. The van der Waals surface area contributed by atoms with E-state index in [-0.39, 0.29) is 232 Å². The number of rotatable bonds is 18. The molecule has 2 aromatic heterocycles. The number of nitrogens with one attached hydrogen (secondary N) is 4. The number of hydrogen-bond donors (Lipinski definition) is 12. The van der Waals surface area contributed by atoms with Gasteiger partial charge >= 0.3 is 148 Å². The number of aromatic hydroxyl groups is 4. The molecule has 0 unspecified atom stereocenters. The van der Waals surface area contributed by atoms with Crippen molar-refractivity contribution in [3.63, 3.8) is 0 Å². The zero-order chi connectivity index (χ0) is 71.9. The van der Waals surface area contributed by atoms with Crippen LogP contribution in [-0.2, 0) is 57.8 Å². The number of phenolic OH excluding ortho intramolecular Hbond substituents is 4. The number of non-ortho nitro benzene ring substituents is 2. The van der Waals surface area contributed by atoms with Gasteiger partial charge in [-0.1, -0.05) is 36.4 Å². The number of halogens is 2. The summed E-state index contributed by atoms with van der Waals surface area (Å²) in [5, 5.41) is 91.6. The Kier molecular flexibility index (Phi) is 31.2. The van der Waals surface area contributed by atoms with Gasteiger partial charge in [-0.2, -0.15) is 63.6 Å². The van der Waals surface area contributed by atoms with Gasteiger partial charge in [0.25, 0.3) is 51.8 Å². The minimum absolute atomic E-state index is 0. The molecular weight excluding hydrogens is 1610 g/mol. The predicted octanol–water partition coefficient (Wildman–Crippen LogP) is -1.89. The van der Waals surface area contributed by atoms with E-state index in [1.807, 2.05) is 12.1 Å². The fourth-order valence-corrected chi connectivity index (χ4v) is 12.7. The van der Waals surface area contributed by atoms with E-state index in [4.69, 9.17) is 23.2 Å². The number of aromatic nitrogens is 6. The summed E-state index contributed by atoms with van der Waals surface area (Å²) in [6.07, 6.45) is 0. The first-order valence-electron chi connectivity index (χ1n) is 27.4. The zero-order valence-electron chi connectivity index (χ0n) is 54.7. The number of fused-ring (bicyclic) bond motifs is 4. The Labute approximate surface area is 728 Å².